The number of nitrogens with two attached hydrogens (primary N) is 1. The number of hydrogen-bond acceptors (Lipinski definition) is 6. The SMILES string of the molecule is COc1cc(C(=O)N2C[C@H](N)C[C@@H](F)C2)cc2nc(-c3cc4ccc(-c5ccc6cc[n+](O)cc6c5)nc4n3CC3CC3)n(C)c12. The summed E-state index contributed by atoms with van der Waals surface area (Å²) in [5, 5.41) is 12.9. The summed E-state index contributed by atoms with van der Waals surface area (Å²) in [6.45, 7) is 1.16. The van der Waals surface area contributed by atoms with Gasteiger partial charge >= 0.3 is 0 Å². The minimum absolute atomic E-state index is 0.0251. The lowest BCUT2D eigenvalue weighted by Gasteiger charge is -2.33. The highest BCUT2D eigenvalue weighted by Crippen LogP contribution is 2.38. The fourth-order valence-corrected chi connectivity index (χ4v) is 6.80. The number of rotatable bonds is 6. The number of benzene rings is 2. The lowest BCUT2D eigenvalue weighted by atomic mass is 10.0. The Morgan fingerprint density at radius 2 is 1.89 bits per heavy atom. The van der Waals surface area contributed by atoms with Crippen LogP contribution in [-0.4, -0.2) is 67.5 Å². The van der Waals surface area contributed by atoms with Gasteiger partial charge in [-0.1, -0.05) is 12.1 Å². The second kappa shape index (κ2) is 10.8. The first-order chi connectivity index (χ1) is 22.2. The van der Waals surface area contributed by atoms with E-state index in [1.54, 1.807) is 31.6 Å². The molecule has 11 heteroatoms. The van der Waals surface area contributed by atoms with Crippen LogP contribution in [0.3, 0.4) is 0 Å². The summed E-state index contributed by atoms with van der Waals surface area (Å²) in [6, 6.07) is 17.3. The van der Waals surface area contributed by atoms with Crippen LogP contribution >= 0.6 is 0 Å². The number of likely N-dealkylation sites (tertiary alicyclic amines) is 1. The number of halogens is 1. The average Bonchev–Trinajstić information content (AvgIpc) is 3.72. The van der Waals surface area contributed by atoms with Crippen LogP contribution < -0.4 is 15.2 Å². The number of aromatic nitrogens is 5. The molecule has 10 nitrogen and oxygen atoms in total. The molecule has 0 radical (unpaired) electrons. The van der Waals surface area contributed by atoms with Gasteiger partial charge in [0, 0.05) is 53.5 Å². The van der Waals surface area contributed by atoms with Crippen molar-refractivity contribution in [1.82, 2.24) is 24.0 Å². The molecule has 1 saturated heterocycles. The molecule has 5 heterocycles. The maximum absolute atomic E-state index is 14.3. The summed E-state index contributed by atoms with van der Waals surface area (Å²) in [5.41, 5.74) is 11.4. The molecule has 2 aliphatic rings. The number of pyridine rings is 2. The summed E-state index contributed by atoms with van der Waals surface area (Å²) in [6.07, 6.45) is 4.75. The van der Waals surface area contributed by atoms with Gasteiger partial charge in [-0.05, 0) is 67.0 Å². The Labute approximate surface area is 264 Å². The van der Waals surface area contributed by atoms with E-state index in [1.165, 1.54) is 17.7 Å². The van der Waals surface area contributed by atoms with Crippen LogP contribution in [0.4, 0.5) is 4.39 Å². The molecule has 1 aliphatic carbocycles. The first kappa shape index (κ1) is 28.4. The predicted octanol–water partition coefficient (Wildman–Crippen LogP) is 4.86. The van der Waals surface area contributed by atoms with Gasteiger partial charge in [-0.3, -0.25) is 10.0 Å². The molecular formula is C35H35FN7O3+. The summed E-state index contributed by atoms with van der Waals surface area (Å²) in [5.74, 6) is 1.54. The van der Waals surface area contributed by atoms with Crippen molar-refractivity contribution in [1.29, 1.82) is 0 Å². The zero-order chi connectivity index (χ0) is 31.7. The van der Waals surface area contributed by atoms with Crippen molar-refractivity contribution in [3.63, 3.8) is 0 Å². The molecule has 46 heavy (non-hydrogen) atoms. The number of hydrogen-bond donors (Lipinski definition) is 2. The minimum atomic E-state index is -1.14. The largest absolute Gasteiger partial charge is 0.494 e. The van der Waals surface area contributed by atoms with Crippen molar-refractivity contribution in [2.75, 3.05) is 20.2 Å². The van der Waals surface area contributed by atoms with E-state index < -0.39 is 12.2 Å². The molecule has 6 aromatic rings. The average molecular weight is 621 g/mol. The first-order valence-electron chi connectivity index (χ1n) is 15.6. The molecule has 2 aromatic carbocycles. The van der Waals surface area contributed by atoms with E-state index in [0.29, 0.717) is 29.3 Å². The van der Waals surface area contributed by atoms with Gasteiger partial charge in [-0.15, -0.1) is 0 Å². The van der Waals surface area contributed by atoms with Gasteiger partial charge in [0.05, 0.1) is 35.9 Å². The van der Waals surface area contributed by atoms with Crippen LogP contribution in [0, 0.1) is 5.92 Å². The molecular weight excluding hydrogens is 585 g/mol. The summed E-state index contributed by atoms with van der Waals surface area (Å²) in [7, 11) is 3.53. The number of amides is 1. The molecule has 0 unspecified atom stereocenters. The van der Waals surface area contributed by atoms with Gasteiger partial charge < -0.3 is 24.5 Å². The third-order valence-electron chi connectivity index (χ3n) is 9.29. The number of alkyl halides is 1. The van der Waals surface area contributed by atoms with E-state index >= 15 is 0 Å². The van der Waals surface area contributed by atoms with E-state index in [1.807, 2.05) is 35.9 Å². The normalized spacial score (nSPS) is 18.6. The summed E-state index contributed by atoms with van der Waals surface area (Å²) >= 11 is 0. The number of carbonyl (C=O) groups is 1. The minimum Gasteiger partial charge on any atom is -0.494 e. The molecule has 234 valence electrons. The number of piperidine rings is 1. The van der Waals surface area contributed by atoms with Gasteiger partial charge in [0.25, 0.3) is 5.91 Å². The van der Waals surface area contributed by atoms with Gasteiger partial charge in [-0.25, -0.2) is 14.4 Å². The molecule has 1 saturated carbocycles. The van der Waals surface area contributed by atoms with Crippen LogP contribution in [-0.2, 0) is 13.6 Å². The van der Waals surface area contributed by atoms with E-state index in [-0.39, 0.29) is 18.9 Å². The number of ether oxygens (including phenoxy) is 1. The van der Waals surface area contributed by atoms with Crippen molar-refractivity contribution in [3.05, 3.63) is 72.6 Å². The molecule has 2 atom stereocenters. The van der Waals surface area contributed by atoms with Crippen molar-refractivity contribution in [2.45, 2.75) is 38.0 Å². The number of imidazole rings is 1. The maximum atomic E-state index is 14.3. The van der Waals surface area contributed by atoms with Crippen molar-refractivity contribution >= 4 is 38.7 Å². The van der Waals surface area contributed by atoms with Crippen molar-refractivity contribution in [2.24, 2.45) is 18.7 Å². The highest BCUT2D eigenvalue weighted by atomic mass is 19.1. The first-order valence-corrected chi connectivity index (χ1v) is 15.6. The second-order valence-electron chi connectivity index (χ2n) is 12.7. The number of fused-ring (bicyclic) bond motifs is 3. The van der Waals surface area contributed by atoms with E-state index in [4.69, 9.17) is 20.4 Å². The number of carbonyl (C=O) groups excluding carboxylic acids is 1. The predicted molar refractivity (Wildman–Crippen MR) is 172 cm³/mol. The molecule has 1 aliphatic heterocycles. The van der Waals surface area contributed by atoms with Crippen LogP contribution in [0.15, 0.2) is 67.0 Å². The Hall–Kier alpha value is -5.03. The van der Waals surface area contributed by atoms with Crippen LogP contribution in [0.5, 0.6) is 5.75 Å². The lowest BCUT2D eigenvalue weighted by Crippen LogP contribution is -2.50. The van der Waals surface area contributed by atoms with Crippen molar-refractivity contribution < 1.29 is 23.9 Å². The van der Waals surface area contributed by atoms with Gasteiger partial charge in [0.2, 0.25) is 12.4 Å². The smallest absolute Gasteiger partial charge is 0.254 e. The number of methoxy groups -OCH3 is 1. The second-order valence-corrected chi connectivity index (χ2v) is 12.7. The number of aryl methyl sites for hydroxylation is 1. The molecule has 2 fully saturated rings. The van der Waals surface area contributed by atoms with Gasteiger partial charge in [0.15, 0.2) is 5.82 Å². The monoisotopic (exact) mass is 620 g/mol. The molecule has 3 N–H and O–H groups in total. The molecule has 0 bridgehead atoms. The highest BCUT2D eigenvalue weighted by Gasteiger charge is 2.30. The van der Waals surface area contributed by atoms with Crippen LogP contribution in [0.2, 0.25) is 0 Å². The van der Waals surface area contributed by atoms with E-state index in [2.05, 4.69) is 22.8 Å². The fourth-order valence-electron chi connectivity index (χ4n) is 6.80. The van der Waals surface area contributed by atoms with Gasteiger partial charge in [-0.2, -0.15) is 0 Å². The number of nitrogens with zero attached hydrogens (tertiary/aromatic N) is 6. The lowest BCUT2D eigenvalue weighted by molar-refractivity contribution is -0.903. The van der Waals surface area contributed by atoms with Crippen LogP contribution in [0.25, 0.3) is 55.6 Å². The highest BCUT2D eigenvalue weighted by molar-refractivity contribution is 6.00. The van der Waals surface area contributed by atoms with Gasteiger partial charge in [0.1, 0.15) is 23.1 Å². The molecule has 0 spiro atoms. The standard InChI is InChI=1S/C35H35FN7O3/c1-40-32-29(12-24(14-31(32)46-2)35(44)41-18-26(36)15-27(37)19-41)39-34(40)30-13-23-7-8-28(38-33(23)43(30)16-20-3-4-20)22-6-5-21-9-10-42(45)17-25(21)11-22/h5-14,17,20,26-27,45H,3-4,15-16,18-19,37H2,1-2H3/q+1/t26-,27-/m1/s1. The Balaban J connectivity index is 1.23. The Morgan fingerprint density at radius 1 is 1.07 bits per heavy atom. The fraction of sp³-hybridized carbons (Fsp3) is 0.314. The topological polar surface area (TPSA) is 115 Å². The van der Waals surface area contributed by atoms with Crippen molar-refractivity contribution in [3.8, 4) is 28.5 Å². The third-order valence-corrected chi connectivity index (χ3v) is 9.29. The van der Waals surface area contributed by atoms with Crippen LogP contribution in [0.1, 0.15) is 29.6 Å². The zero-order valence-electron chi connectivity index (χ0n) is 25.7. The summed E-state index contributed by atoms with van der Waals surface area (Å²) in [4.78, 5) is 25.2. The Kier molecular flexibility index (Phi) is 6.68. The Bertz CT molecular complexity index is 2160. The van der Waals surface area contributed by atoms with E-state index in [9.17, 15) is 14.4 Å². The molecule has 8 rings (SSSR count). The molecule has 4 aromatic heterocycles. The molecule has 1 amide bonds. The maximum Gasteiger partial charge on any atom is 0.254 e. The summed E-state index contributed by atoms with van der Waals surface area (Å²) < 4.78 is 25.4. The van der Waals surface area contributed by atoms with E-state index in [0.717, 1.165) is 61.4 Å². The zero-order valence-corrected chi connectivity index (χ0v) is 25.7. The Morgan fingerprint density at radius 3 is 2.67 bits per heavy atom. The third kappa shape index (κ3) is 4.91. The quantitative estimate of drug-likeness (QED) is 0.203.